The summed E-state index contributed by atoms with van der Waals surface area (Å²) >= 11 is 1.60. The number of benzene rings is 2. The van der Waals surface area contributed by atoms with Crippen LogP contribution in [0.15, 0.2) is 42.5 Å². The normalized spacial score (nSPS) is 15.6. The molecule has 1 N–H and O–H groups in total. The molecule has 3 rings (SSSR count). The van der Waals surface area contributed by atoms with Crippen LogP contribution in [-0.4, -0.2) is 41.0 Å². The lowest BCUT2D eigenvalue weighted by Gasteiger charge is -2.23. The first-order valence-corrected chi connectivity index (χ1v) is 11.4. The number of phenolic OH excluding ortho intramolecular Hbond substituents is 1. The molecule has 0 atom stereocenters. The van der Waals surface area contributed by atoms with Crippen molar-refractivity contribution in [3.63, 3.8) is 0 Å². The fourth-order valence-electron chi connectivity index (χ4n) is 2.97. The number of carbonyl (C=O) groups excluding carboxylic acids is 2. The van der Waals surface area contributed by atoms with Gasteiger partial charge in [-0.2, -0.15) is 7.64 Å². The maximum atomic E-state index is 12.3. The number of aromatic hydroxyl groups is 1. The summed E-state index contributed by atoms with van der Waals surface area (Å²) in [5, 5.41) is 10.2. The number of hydrogen-bond donors (Lipinski definition) is 1. The number of hydrogen-bond acceptors (Lipinski definition) is 6. The Kier molecular flexibility index (Phi) is 6.32. The van der Waals surface area contributed by atoms with Crippen molar-refractivity contribution in [1.82, 2.24) is 3.22 Å². The number of sulfonamides is 1. The van der Waals surface area contributed by atoms with Gasteiger partial charge in [0.05, 0.1) is 29.5 Å². The van der Waals surface area contributed by atoms with Crippen LogP contribution in [0.25, 0.3) is 11.1 Å². The molecule has 8 nitrogen and oxygen atoms in total. The molecular weight excluding hydrogens is 511 g/mol. The average Bonchev–Trinajstić information content (AvgIpc) is 2.88. The van der Waals surface area contributed by atoms with Gasteiger partial charge in [-0.15, -0.1) is 0 Å². The highest BCUT2D eigenvalue weighted by Gasteiger charge is 2.42. The van der Waals surface area contributed by atoms with E-state index in [1.54, 1.807) is 35.9 Å². The minimum atomic E-state index is -3.90. The second-order valence-corrected chi connectivity index (χ2v) is 9.07. The molecule has 1 fully saturated rings. The fraction of sp³-hybridized carbons (Fsp3) is 0.263. The summed E-state index contributed by atoms with van der Waals surface area (Å²) in [5.74, 6) is -1.76. The molecule has 0 aliphatic carbocycles. The Morgan fingerprint density at radius 1 is 1.21 bits per heavy atom. The zero-order chi connectivity index (χ0) is 21.2. The maximum Gasteiger partial charge on any atom is 0.306 e. The van der Waals surface area contributed by atoms with Gasteiger partial charge in [0.25, 0.3) is 15.9 Å². The molecule has 0 unspecified atom stereocenters. The van der Waals surface area contributed by atoms with E-state index in [0.717, 1.165) is 18.8 Å². The van der Waals surface area contributed by atoms with Crippen molar-refractivity contribution in [2.45, 2.75) is 19.8 Å². The molecule has 0 aromatic heterocycles. The van der Waals surface area contributed by atoms with Gasteiger partial charge in [-0.05, 0) is 42.2 Å². The molecule has 0 radical (unpaired) electrons. The van der Waals surface area contributed by atoms with E-state index in [1.165, 1.54) is 12.1 Å². The first-order chi connectivity index (χ1) is 13.7. The minimum Gasteiger partial charge on any atom is -0.506 e. The molecule has 0 saturated carbocycles. The lowest BCUT2D eigenvalue weighted by Crippen LogP contribution is -2.33. The van der Waals surface area contributed by atoms with E-state index in [2.05, 4.69) is 0 Å². The molecule has 2 aromatic carbocycles. The lowest BCUT2D eigenvalue weighted by molar-refractivity contribution is -0.143. The number of anilines is 1. The van der Waals surface area contributed by atoms with Gasteiger partial charge in [-0.1, -0.05) is 30.3 Å². The maximum absolute atomic E-state index is 12.3. The highest BCUT2D eigenvalue weighted by Crippen LogP contribution is 2.38. The van der Waals surface area contributed by atoms with Gasteiger partial charge >= 0.3 is 5.97 Å². The Hall–Kier alpha value is -2.34. The Labute approximate surface area is 182 Å². The van der Waals surface area contributed by atoms with Crippen LogP contribution in [0.5, 0.6) is 5.75 Å². The Bertz CT molecular complexity index is 1060. The third-order valence-corrected chi connectivity index (χ3v) is 7.06. The lowest BCUT2D eigenvalue weighted by atomic mass is 10.0. The molecule has 154 valence electrons. The molecule has 1 aliphatic rings. The van der Waals surface area contributed by atoms with E-state index >= 15 is 0 Å². The molecule has 29 heavy (non-hydrogen) atoms. The summed E-state index contributed by atoms with van der Waals surface area (Å²) in [6.45, 7) is 2.09. The first-order valence-electron chi connectivity index (χ1n) is 8.82. The van der Waals surface area contributed by atoms with Crippen molar-refractivity contribution in [3.05, 3.63) is 48.0 Å². The monoisotopic (exact) mass is 530 g/mol. The van der Waals surface area contributed by atoms with Gasteiger partial charge in [-0.3, -0.25) is 9.59 Å². The number of phenols is 1. The molecule has 10 heteroatoms. The number of carbonyl (C=O) groups is 2. The zero-order valence-corrected chi connectivity index (χ0v) is 18.5. The fourth-order valence-corrected chi connectivity index (χ4v) is 5.72. The number of amides is 1. The highest BCUT2D eigenvalue weighted by molar-refractivity contribution is 14.1. The van der Waals surface area contributed by atoms with Crippen molar-refractivity contribution < 1.29 is 27.9 Å². The summed E-state index contributed by atoms with van der Waals surface area (Å²) in [4.78, 5) is 23.4. The van der Waals surface area contributed by atoms with E-state index in [9.17, 15) is 23.1 Å². The first kappa shape index (κ1) is 21.4. The number of ether oxygens (including phenoxy) is 1. The second kappa shape index (κ2) is 8.57. The highest BCUT2D eigenvalue weighted by atomic mass is 127. The standard InChI is InChI=1S/C19H19IN2O6S/c1-2-28-19(25)9-6-13-4-3-5-14(10-13)15-7-8-17(23)16(11-15)22-21(20)18(24)12-29(22,26)27/h3-5,7-8,10-11,23H,2,6,9,12H2,1H3. The number of esters is 1. The van der Waals surface area contributed by atoms with Gasteiger partial charge < -0.3 is 9.84 Å². The van der Waals surface area contributed by atoms with Crippen LogP contribution in [0, 0.1) is 0 Å². The van der Waals surface area contributed by atoms with E-state index < -0.39 is 21.7 Å². The van der Waals surface area contributed by atoms with Crippen molar-refractivity contribution >= 4 is 50.5 Å². The van der Waals surface area contributed by atoms with E-state index in [0.29, 0.717) is 18.6 Å². The topological polar surface area (TPSA) is 104 Å². The summed E-state index contributed by atoms with van der Waals surface area (Å²) < 4.78 is 31.4. The van der Waals surface area contributed by atoms with Crippen LogP contribution in [0.3, 0.4) is 0 Å². The third-order valence-electron chi connectivity index (χ3n) is 4.30. The summed E-state index contributed by atoms with van der Waals surface area (Å²) in [7, 11) is -3.90. The van der Waals surface area contributed by atoms with Gasteiger partial charge in [0, 0.05) is 6.42 Å². The van der Waals surface area contributed by atoms with E-state index in [-0.39, 0.29) is 23.8 Å². The molecule has 0 spiro atoms. The molecule has 1 saturated heterocycles. The summed E-state index contributed by atoms with van der Waals surface area (Å²) in [6, 6.07) is 12.0. The SMILES string of the molecule is CCOC(=O)CCc1cccc(-c2ccc(O)c(N3N(I)C(=O)CS3(=O)=O)c2)c1. The second-order valence-electron chi connectivity index (χ2n) is 6.36. The van der Waals surface area contributed by atoms with Gasteiger partial charge in [0.1, 0.15) is 11.4 Å². The van der Waals surface area contributed by atoms with Crippen molar-refractivity contribution in [2.24, 2.45) is 0 Å². The number of nitrogens with zero attached hydrogens (tertiary/aromatic N) is 2. The third kappa shape index (κ3) is 4.64. The predicted molar refractivity (Wildman–Crippen MR) is 116 cm³/mol. The van der Waals surface area contributed by atoms with Crippen molar-refractivity contribution in [2.75, 3.05) is 16.8 Å². The minimum absolute atomic E-state index is 0.000299. The average molecular weight is 530 g/mol. The van der Waals surface area contributed by atoms with Gasteiger partial charge in [0.15, 0.2) is 5.75 Å². The van der Waals surface area contributed by atoms with E-state index in [4.69, 9.17) is 4.74 Å². The molecule has 0 bridgehead atoms. The smallest absolute Gasteiger partial charge is 0.306 e. The van der Waals surface area contributed by atoms with Crippen LogP contribution in [-0.2, 0) is 30.8 Å². The van der Waals surface area contributed by atoms with Crippen LogP contribution < -0.4 is 4.41 Å². The quantitative estimate of drug-likeness (QED) is 0.350. The molecular formula is C19H19IN2O6S. The number of rotatable bonds is 6. The zero-order valence-electron chi connectivity index (χ0n) is 15.5. The Morgan fingerprint density at radius 3 is 2.59 bits per heavy atom. The number of aryl methyl sites for hydroxylation is 1. The Morgan fingerprint density at radius 2 is 1.93 bits per heavy atom. The molecule has 1 amide bonds. The Balaban J connectivity index is 1.91. The molecule has 1 heterocycles. The van der Waals surface area contributed by atoms with Crippen molar-refractivity contribution in [1.29, 1.82) is 0 Å². The van der Waals surface area contributed by atoms with Crippen LogP contribution in [0.4, 0.5) is 5.69 Å². The van der Waals surface area contributed by atoms with Crippen LogP contribution in [0.1, 0.15) is 18.9 Å². The summed E-state index contributed by atoms with van der Waals surface area (Å²) in [5.41, 5.74) is 2.37. The number of halogens is 1. The largest absolute Gasteiger partial charge is 0.506 e. The van der Waals surface area contributed by atoms with Crippen LogP contribution >= 0.6 is 22.9 Å². The van der Waals surface area contributed by atoms with Gasteiger partial charge in [0.2, 0.25) is 0 Å². The van der Waals surface area contributed by atoms with Gasteiger partial charge in [-0.25, -0.2) is 8.42 Å². The molecule has 1 aliphatic heterocycles. The molecule has 2 aromatic rings. The van der Waals surface area contributed by atoms with E-state index in [1.807, 2.05) is 24.3 Å². The number of hydrazine groups is 1. The van der Waals surface area contributed by atoms with Crippen molar-refractivity contribution in [3.8, 4) is 16.9 Å². The summed E-state index contributed by atoms with van der Waals surface area (Å²) in [6.07, 6.45) is 0.768. The predicted octanol–water partition coefficient (Wildman–Crippen LogP) is 2.80. The van der Waals surface area contributed by atoms with Crippen LogP contribution in [0.2, 0.25) is 0 Å².